The Morgan fingerprint density at radius 3 is 2.28 bits per heavy atom. The SMILES string of the molecule is CCC(C)NC(=O)C(C)N(Cc1ccc(Cl)cc1Cl)C(=O)CSCc1c(Cl)cccc1Cl. The number of thioether (sulfide) groups is 1. The lowest BCUT2D eigenvalue weighted by molar-refractivity contribution is -0.138. The van der Waals surface area contributed by atoms with E-state index in [1.165, 1.54) is 16.7 Å². The van der Waals surface area contributed by atoms with Crippen molar-refractivity contribution in [2.75, 3.05) is 5.75 Å². The van der Waals surface area contributed by atoms with Gasteiger partial charge in [-0.15, -0.1) is 11.8 Å². The van der Waals surface area contributed by atoms with Crippen molar-refractivity contribution in [3.63, 3.8) is 0 Å². The molecule has 2 unspecified atom stereocenters. The van der Waals surface area contributed by atoms with Gasteiger partial charge in [-0.25, -0.2) is 0 Å². The van der Waals surface area contributed by atoms with Crippen LogP contribution in [0, 0.1) is 0 Å². The maximum atomic E-state index is 13.2. The molecule has 1 N–H and O–H groups in total. The van der Waals surface area contributed by atoms with Gasteiger partial charge in [0.25, 0.3) is 0 Å². The lowest BCUT2D eigenvalue weighted by Crippen LogP contribution is -2.50. The third-order valence-electron chi connectivity index (χ3n) is 5.06. The molecule has 0 spiro atoms. The number of benzene rings is 2. The van der Waals surface area contributed by atoms with Crippen LogP contribution in [0.25, 0.3) is 0 Å². The summed E-state index contributed by atoms with van der Waals surface area (Å²) in [6, 6.07) is 9.75. The van der Waals surface area contributed by atoms with Crippen molar-refractivity contribution < 1.29 is 9.59 Å². The lowest BCUT2D eigenvalue weighted by Gasteiger charge is -2.30. The van der Waals surface area contributed by atoms with Gasteiger partial charge in [0.1, 0.15) is 6.04 Å². The van der Waals surface area contributed by atoms with Crippen molar-refractivity contribution in [1.29, 1.82) is 0 Å². The molecule has 2 aromatic rings. The number of halogens is 4. The highest BCUT2D eigenvalue weighted by atomic mass is 35.5. The van der Waals surface area contributed by atoms with Gasteiger partial charge >= 0.3 is 0 Å². The van der Waals surface area contributed by atoms with Gasteiger partial charge in [-0.2, -0.15) is 0 Å². The van der Waals surface area contributed by atoms with Gasteiger partial charge in [-0.1, -0.05) is 65.5 Å². The van der Waals surface area contributed by atoms with Crippen molar-refractivity contribution in [2.45, 2.75) is 51.6 Å². The Hall–Kier alpha value is -1.11. The van der Waals surface area contributed by atoms with Gasteiger partial charge in [0, 0.05) is 38.4 Å². The second kappa shape index (κ2) is 13.0. The molecule has 2 rings (SSSR count). The minimum absolute atomic E-state index is 0.0118. The third kappa shape index (κ3) is 7.74. The molecule has 32 heavy (non-hydrogen) atoms. The monoisotopic (exact) mass is 534 g/mol. The first-order valence-corrected chi connectivity index (χ1v) is 12.8. The van der Waals surface area contributed by atoms with Gasteiger partial charge in [0.15, 0.2) is 0 Å². The van der Waals surface area contributed by atoms with E-state index in [1.807, 2.05) is 13.8 Å². The summed E-state index contributed by atoms with van der Waals surface area (Å²) in [5.41, 5.74) is 1.50. The molecule has 174 valence electrons. The molecule has 0 aliphatic carbocycles. The first-order valence-electron chi connectivity index (χ1n) is 10.2. The molecule has 2 aromatic carbocycles. The average Bonchev–Trinajstić information content (AvgIpc) is 2.74. The summed E-state index contributed by atoms with van der Waals surface area (Å²) >= 11 is 26.2. The van der Waals surface area contributed by atoms with E-state index in [-0.39, 0.29) is 30.2 Å². The first kappa shape index (κ1) is 27.1. The molecule has 0 aliphatic heterocycles. The quantitative estimate of drug-likeness (QED) is 0.361. The molecule has 0 radical (unpaired) electrons. The molecular formula is C23H26Cl4N2O2S. The maximum Gasteiger partial charge on any atom is 0.242 e. The topological polar surface area (TPSA) is 49.4 Å². The Labute approximate surface area is 213 Å². The first-order chi connectivity index (χ1) is 15.1. The van der Waals surface area contributed by atoms with E-state index in [1.54, 1.807) is 43.3 Å². The van der Waals surface area contributed by atoms with Crippen LogP contribution in [0.15, 0.2) is 36.4 Å². The molecular weight excluding hydrogens is 510 g/mol. The van der Waals surface area contributed by atoms with Crippen LogP contribution >= 0.6 is 58.2 Å². The van der Waals surface area contributed by atoms with Crippen LogP contribution in [-0.2, 0) is 21.9 Å². The van der Waals surface area contributed by atoms with E-state index in [2.05, 4.69) is 5.32 Å². The lowest BCUT2D eigenvalue weighted by atomic mass is 10.1. The van der Waals surface area contributed by atoms with E-state index >= 15 is 0 Å². The summed E-state index contributed by atoms with van der Waals surface area (Å²) < 4.78 is 0. The van der Waals surface area contributed by atoms with Gasteiger partial charge in [-0.3, -0.25) is 9.59 Å². The highest BCUT2D eigenvalue weighted by Gasteiger charge is 2.27. The number of nitrogens with one attached hydrogen (secondary N) is 1. The van der Waals surface area contributed by atoms with Crippen molar-refractivity contribution in [2.24, 2.45) is 0 Å². The van der Waals surface area contributed by atoms with Gasteiger partial charge in [-0.05, 0) is 55.7 Å². The smallest absolute Gasteiger partial charge is 0.242 e. The van der Waals surface area contributed by atoms with E-state index < -0.39 is 6.04 Å². The number of hydrogen-bond acceptors (Lipinski definition) is 3. The predicted molar refractivity (Wildman–Crippen MR) is 137 cm³/mol. The number of rotatable bonds is 10. The van der Waals surface area contributed by atoms with Crippen molar-refractivity contribution in [3.05, 3.63) is 67.6 Å². The fourth-order valence-electron chi connectivity index (χ4n) is 2.88. The second-order valence-electron chi connectivity index (χ2n) is 7.44. The highest BCUT2D eigenvalue weighted by Crippen LogP contribution is 2.29. The average molecular weight is 536 g/mol. The molecule has 0 saturated heterocycles. The number of amides is 2. The summed E-state index contributed by atoms with van der Waals surface area (Å²) in [7, 11) is 0. The summed E-state index contributed by atoms with van der Waals surface area (Å²) in [6.07, 6.45) is 0.796. The third-order valence-corrected chi connectivity index (χ3v) is 7.30. The Balaban J connectivity index is 2.16. The molecule has 0 fully saturated rings. The van der Waals surface area contributed by atoms with Crippen LogP contribution in [0.3, 0.4) is 0 Å². The maximum absolute atomic E-state index is 13.2. The van der Waals surface area contributed by atoms with Crippen molar-refractivity contribution in [1.82, 2.24) is 10.2 Å². The highest BCUT2D eigenvalue weighted by molar-refractivity contribution is 7.99. The minimum atomic E-state index is -0.673. The molecule has 0 aromatic heterocycles. The van der Waals surface area contributed by atoms with Gasteiger partial charge < -0.3 is 10.2 Å². The van der Waals surface area contributed by atoms with Crippen LogP contribution in [0.1, 0.15) is 38.3 Å². The Bertz CT molecular complexity index is 937. The molecule has 0 heterocycles. The van der Waals surface area contributed by atoms with Crippen LogP contribution < -0.4 is 5.32 Å². The molecule has 0 aliphatic rings. The molecule has 0 bridgehead atoms. The molecule has 0 saturated carbocycles. The van der Waals surface area contributed by atoms with Crippen LogP contribution in [0.5, 0.6) is 0 Å². The summed E-state index contributed by atoms with van der Waals surface area (Å²) in [5, 5.41) is 5.01. The fraction of sp³-hybridized carbons (Fsp3) is 0.391. The van der Waals surface area contributed by atoms with E-state index in [0.717, 1.165) is 12.0 Å². The standard InChI is InChI=1S/C23H26Cl4N2O2S/c1-4-14(2)28-23(31)15(3)29(11-16-8-9-17(24)10-21(16)27)22(30)13-32-12-18-19(25)6-5-7-20(18)26/h5-10,14-15H,4,11-13H2,1-3H3,(H,28,31). The van der Waals surface area contributed by atoms with Crippen molar-refractivity contribution >= 4 is 70.0 Å². The summed E-state index contributed by atoms with van der Waals surface area (Å²) in [5.74, 6) is 0.244. The normalized spacial score (nSPS) is 12.8. The van der Waals surface area contributed by atoms with E-state index in [0.29, 0.717) is 31.4 Å². The second-order valence-corrected chi connectivity index (χ2v) is 10.1. The largest absolute Gasteiger partial charge is 0.352 e. The Kier molecular flexibility index (Phi) is 11.0. The molecule has 2 atom stereocenters. The predicted octanol–water partition coefficient (Wildman–Crippen LogP) is 6.87. The Morgan fingerprint density at radius 2 is 1.69 bits per heavy atom. The van der Waals surface area contributed by atoms with Gasteiger partial charge in [0.2, 0.25) is 11.8 Å². The van der Waals surface area contributed by atoms with Crippen LogP contribution in [0.4, 0.5) is 0 Å². The number of carbonyl (C=O) groups is 2. The van der Waals surface area contributed by atoms with Gasteiger partial charge in [0.05, 0.1) is 5.75 Å². The molecule has 2 amide bonds. The zero-order valence-corrected chi connectivity index (χ0v) is 22.0. The Morgan fingerprint density at radius 1 is 1.03 bits per heavy atom. The number of carbonyl (C=O) groups excluding carboxylic acids is 2. The summed E-state index contributed by atoms with van der Waals surface area (Å²) in [6.45, 7) is 5.82. The fourth-order valence-corrected chi connectivity index (χ4v) is 4.99. The van der Waals surface area contributed by atoms with Crippen LogP contribution in [-0.4, -0.2) is 34.6 Å². The zero-order valence-electron chi connectivity index (χ0n) is 18.1. The van der Waals surface area contributed by atoms with E-state index in [4.69, 9.17) is 46.4 Å². The van der Waals surface area contributed by atoms with Crippen molar-refractivity contribution in [3.8, 4) is 0 Å². The minimum Gasteiger partial charge on any atom is -0.352 e. The zero-order chi connectivity index (χ0) is 23.8. The van der Waals surface area contributed by atoms with Crippen LogP contribution in [0.2, 0.25) is 20.1 Å². The summed E-state index contributed by atoms with van der Waals surface area (Å²) in [4.78, 5) is 27.5. The molecule has 9 heteroatoms. The molecule has 4 nitrogen and oxygen atoms in total. The number of nitrogens with zero attached hydrogens (tertiary/aromatic N) is 1. The van der Waals surface area contributed by atoms with E-state index in [9.17, 15) is 9.59 Å². The number of hydrogen-bond donors (Lipinski definition) is 1.